The predicted molar refractivity (Wildman–Crippen MR) is 56.0 cm³/mol. The summed E-state index contributed by atoms with van der Waals surface area (Å²) in [5, 5.41) is 0. The van der Waals surface area contributed by atoms with Crippen LogP contribution in [0.1, 0.15) is 47.5 Å². The van der Waals surface area contributed by atoms with Crippen molar-refractivity contribution in [2.45, 2.75) is 53.5 Å². The summed E-state index contributed by atoms with van der Waals surface area (Å²) in [6.07, 6.45) is 2.56. The molecule has 0 aliphatic rings. The van der Waals surface area contributed by atoms with Crippen LogP contribution in [0.5, 0.6) is 0 Å². The Kier molecular flexibility index (Phi) is 5.56. The van der Waals surface area contributed by atoms with Gasteiger partial charge in [0.2, 0.25) is 0 Å². The van der Waals surface area contributed by atoms with Gasteiger partial charge in [-0.15, -0.1) is 0 Å². The Labute approximate surface area is 77.7 Å². The van der Waals surface area contributed by atoms with E-state index < -0.39 is 0 Å². The van der Waals surface area contributed by atoms with E-state index in [0.717, 1.165) is 11.8 Å². The first kappa shape index (κ1) is 12.0. The van der Waals surface area contributed by atoms with Gasteiger partial charge < -0.3 is 5.73 Å². The third-order valence-corrected chi connectivity index (χ3v) is 3.26. The van der Waals surface area contributed by atoms with Gasteiger partial charge in [-0.2, -0.15) is 0 Å². The summed E-state index contributed by atoms with van der Waals surface area (Å²) >= 11 is 0. The second-order valence-electron chi connectivity index (χ2n) is 4.43. The van der Waals surface area contributed by atoms with E-state index in [2.05, 4.69) is 34.6 Å². The van der Waals surface area contributed by atoms with Crippen LogP contribution in [-0.4, -0.2) is 6.04 Å². The molecular weight excluding hydrogens is 146 g/mol. The maximum Gasteiger partial charge on any atom is 0.00362 e. The average molecular weight is 171 g/mol. The van der Waals surface area contributed by atoms with Gasteiger partial charge in [-0.1, -0.05) is 34.1 Å². The zero-order valence-electron chi connectivity index (χ0n) is 9.30. The molecule has 0 rings (SSSR count). The lowest BCUT2D eigenvalue weighted by Crippen LogP contribution is -2.26. The number of hydrogen-bond donors (Lipinski definition) is 1. The van der Waals surface area contributed by atoms with Gasteiger partial charge in [0.15, 0.2) is 0 Å². The summed E-state index contributed by atoms with van der Waals surface area (Å²) in [7, 11) is 0. The lowest BCUT2D eigenvalue weighted by atomic mass is 9.84. The van der Waals surface area contributed by atoms with E-state index in [1.807, 2.05) is 0 Å². The quantitative estimate of drug-likeness (QED) is 0.676. The molecule has 0 saturated heterocycles. The van der Waals surface area contributed by atoms with E-state index in [0.29, 0.717) is 12.0 Å². The Bertz CT molecular complexity index is 110. The van der Waals surface area contributed by atoms with Gasteiger partial charge in [0.25, 0.3) is 0 Å². The standard InChI is InChI=1S/C11H25N/c1-6-8(2)9(3)7-10(4)11(5)12/h8-11H,6-7,12H2,1-5H3. The third kappa shape index (κ3) is 4.10. The highest BCUT2D eigenvalue weighted by molar-refractivity contribution is 4.69. The maximum atomic E-state index is 5.83. The molecule has 0 aliphatic carbocycles. The van der Waals surface area contributed by atoms with Gasteiger partial charge in [-0.25, -0.2) is 0 Å². The second-order valence-corrected chi connectivity index (χ2v) is 4.43. The van der Waals surface area contributed by atoms with E-state index in [1.165, 1.54) is 12.8 Å². The Morgan fingerprint density at radius 3 is 1.75 bits per heavy atom. The Morgan fingerprint density at radius 1 is 0.917 bits per heavy atom. The lowest BCUT2D eigenvalue weighted by Gasteiger charge is -2.24. The summed E-state index contributed by atoms with van der Waals surface area (Å²) in [6, 6.07) is 0.344. The molecule has 0 heterocycles. The lowest BCUT2D eigenvalue weighted by molar-refractivity contribution is 0.288. The van der Waals surface area contributed by atoms with Crippen molar-refractivity contribution in [1.29, 1.82) is 0 Å². The van der Waals surface area contributed by atoms with Gasteiger partial charge in [0, 0.05) is 6.04 Å². The maximum absolute atomic E-state index is 5.83. The first-order valence-electron chi connectivity index (χ1n) is 5.24. The zero-order chi connectivity index (χ0) is 9.72. The van der Waals surface area contributed by atoms with Gasteiger partial charge >= 0.3 is 0 Å². The fraction of sp³-hybridized carbons (Fsp3) is 1.00. The molecule has 0 aromatic carbocycles. The summed E-state index contributed by atoms with van der Waals surface area (Å²) in [5.41, 5.74) is 5.83. The summed E-state index contributed by atoms with van der Waals surface area (Å²) in [4.78, 5) is 0. The molecule has 0 spiro atoms. The van der Waals surface area contributed by atoms with Crippen LogP contribution in [0.3, 0.4) is 0 Å². The fourth-order valence-corrected chi connectivity index (χ4v) is 1.44. The Hall–Kier alpha value is -0.0400. The minimum absolute atomic E-state index is 0.344. The fourth-order valence-electron chi connectivity index (χ4n) is 1.44. The topological polar surface area (TPSA) is 26.0 Å². The molecule has 4 atom stereocenters. The highest BCUT2D eigenvalue weighted by atomic mass is 14.6. The Balaban J connectivity index is 3.75. The minimum atomic E-state index is 0.344. The van der Waals surface area contributed by atoms with Gasteiger partial charge in [0.05, 0.1) is 0 Å². The summed E-state index contributed by atoms with van der Waals surface area (Å²) in [5.74, 6) is 2.32. The van der Waals surface area contributed by atoms with Gasteiger partial charge in [0.1, 0.15) is 0 Å². The van der Waals surface area contributed by atoms with Crippen LogP contribution in [0.2, 0.25) is 0 Å². The van der Waals surface area contributed by atoms with Crippen LogP contribution < -0.4 is 5.73 Å². The molecule has 12 heavy (non-hydrogen) atoms. The van der Waals surface area contributed by atoms with Crippen molar-refractivity contribution in [2.24, 2.45) is 23.5 Å². The summed E-state index contributed by atoms with van der Waals surface area (Å²) < 4.78 is 0. The molecule has 1 nitrogen and oxygen atoms in total. The molecule has 4 unspecified atom stereocenters. The third-order valence-electron chi connectivity index (χ3n) is 3.26. The van der Waals surface area contributed by atoms with Crippen LogP contribution in [0, 0.1) is 17.8 Å². The van der Waals surface area contributed by atoms with Crippen molar-refractivity contribution in [3.63, 3.8) is 0 Å². The van der Waals surface area contributed by atoms with Crippen LogP contribution in [0.25, 0.3) is 0 Å². The SMILES string of the molecule is CCC(C)C(C)CC(C)C(C)N. The zero-order valence-corrected chi connectivity index (χ0v) is 9.30. The molecule has 0 amide bonds. The Morgan fingerprint density at radius 2 is 1.42 bits per heavy atom. The largest absolute Gasteiger partial charge is 0.328 e. The monoisotopic (exact) mass is 171 g/mol. The van der Waals surface area contributed by atoms with E-state index in [-0.39, 0.29) is 0 Å². The number of hydrogen-bond acceptors (Lipinski definition) is 1. The molecule has 0 aromatic heterocycles. The second kappa shape index (κ2) is 5.58. The highest BCUT2D eigenvalue weighted by Crippen LogP contribution is 2.23. The first-order valence-corrected chi connectivity index (χ1v) is 5.24. The van der Waals surface area contributed by atoms with Crippen molar-refractivity contribution in [1.82, 2.24) is 0 Å². The van der Waals surface area contributed by atoms with E-state index in [4.69, 9.17) is 5.73 Å². The molecule has 0 aliphatic heterocycles. The molecule has 74 valence electrons. The number of nitrogens with two attached hydrogens (primary N) is 1. The van der Waals surface area contributed by atoms with E-state index in [1.54, 1.807) is 0 Å². The smallest absolute Gasteiger partial charge is 0.00362 e. The van der Waals surface area contributed by atoms with Crippen LogP contribution in [0.4, 0.5) is 0 Å². The van der Waals surface area contributed by atoms with Crippen molar-refractivity contribution < 1.29 is 0 Å². The molecule has 0 bridgehead atoms. The van der Waals surface area contributed by atoms with E-state index in [9.17, 15) is 0 Å². The predicted octanol–water partition coefficient (Wildman–Crippen LogP) is 3.04. The molecule has 0 fully saturated rings. The van der Waals surface area contributed by atoms with E-state index >= 15 is 0 Å². The first-order chi connectivity index (χ1) is 5.49. The minimum Gasteiger partial charge on any atom is -0.328 e. The van der Waals surface area contributed by atoms with Crippen molar-refractivity contribution in [3.05, 3.63) is 0 Å². The van der Waals surface area contributed by atoms with Crippen molar-refractivity contribution in [2.75, 3.05) is 0 Å². The van der Waals surface area contributed by atoms with Crippen molar-refractivity contribution >= 4 is 0 Å². The van der Waals surface area contributed by atoms with Crippen LogP contribution in [0.15, 0.2) is 0 Å². The van der Waals surface area contributed by atoms with Crippen LogP contribution >= 0.6 is 0 Å². The van der Waals surface area contributed by atoms with Crippen molar-refractivity contribution in [3.8, 4) is 0 Å². The van der Waals surface area contributed by atoms with Gasteiger partial charge in [-0.05, 0) is 31.1 Å². The average Bonchev–Trinajstić information content (AvgIpc) is 2.02. The normalized spacial score (nSPS) is 21.5. The molecule has 0 aromatic rings. The molecule has 2 N–H and O–H groups in total. The molecular formula is C11H25N. The number of rotatable bonds is 5. The molecule has 0 radical (unpaired) electrons. The highest BCUT2D eigenvalue weighted by Gasteiger charge is 2.15. The molecule has 0 saturated carbocycles. The van der Waals surface area contributed by atoms with Crippen LogP contribution in [-0.2, 0) is 0 Å². The summed E-state index contributed by atoms with van der Waals surface area (Å²) in [6.45, 7) is 11.3. The molecule has 1 heteroatoms. The van der Waals surface area contributed by atoms with Gasteiger partial charge in [-0.3, -0.25) is 0 Å².